The van der Waals surface area contributed by atoms with Gasteiger partial charge in [0.05, 0.1) is 12.7 Å². The van der Waals surface area contributed by atoms with Crippen LogP contribution in [-0.4, -0.2) is 42.1 Å². The summed E-state index contributed by atoms with van der Waals surface area (Å²) >= 11 is 3.37. The molecule has 3 N–H and O–H groups in total. The molecule has 2 rings (SSSR count). The van der Waals surface area contributed by atoms with Crippen molar-refractivity contribution in [3.63, 3.8) is 0 Å². The maximum absolute atomic E-state index is 10.0. The highest BCUT2D eigenvalue weighted by molar-refractivity contribution is 9.10. The van der Waals surface area contributed by atoms with Gasteiger partial charge in [-0.1, -0.05) is 28.1 Å². The highest BCUT2D eigenvalue weighted by Gasteiger charge is 2.31. The van der Waals surface area contributed by atoms with Crippen LogP contribution in [0, 0.1) is 0 Å². The number of hydrogen-bond donors (Lipinski definition) is 3. The Morgan fingerprint density at radius 2 is 2.33 bits per heavy atom. The Labute approximate surface area is 115 Å². The number of nitrogens with one attached hydrogen (secondary N) is 1. The molecular formula is C13H18BrNO3. The molecule has 100 valence electrons. The van der Waals surface area contributed by atoms with Crippen LogP contribution < -0.4 is 5.32 Å². The van der Waals surface area contributed by atoms with Gasteiger partial charge in [0.15, 0.2) is 0 Å². The second kappa shape index (κ2) is 6.12. The molecule has 1 aliphatic rings. The van der Waals surface area contributed by atoms with Gasteiger partial charge in [-0.05, 0) is 17.7 Å². The van der Waals surface area contributed by atoms with Crippen LogP contribution in [0.1, 0.15) is 18.1 Å². The molecule has 0 aliphatic carbocycles. The molecule has 0 aromatic heterocycles. The van der Waals surface area contributed by atoms with Crippen molar-refractivity contribution >= 4 is 15.9 Å². The molecule has 1 fully saturated rings. The zero-order valence-electron chi connectivity index (χ0n) is 10.1. The van der Waals surface area contributed by atoms with Crippen molar-refractivity contribution in [3.05, 3.63) is 34.3 Å². The Hall–Kier alpha value is -0.460. The topological polar surface area (TPSA) is 61.7 Å². The maximum Gasteiger partial charge on any atom is 0.102 e. The third-order valence-electron chi connectivity index (χ3n) is 3.11. The molecule has 2 unspecified atom stereocenters. The molecule has 1 aromatic carbocycles. The van der Waals surface area contributed by atoms with E-state index >= 15 is 0 Å². The SMILES string of the molecule is OC(CNCC1(O)CCOC1)c1cccc(Br)c1. The van der Waals surface area contributed by atoms with Gasteiger partial charge in [0.25, 0.3) is 0 Å². The minimum atomic E-state index is -0.781. The average molecular weight is 316 g/mol. The van der Waals surface area contributed by atoms with E-state index < -0.39 is 11.7 Å². The van der Waals surface area contributed by atoms with Crippen molar-refractivity contribution in [1.82, 2.24) is 5.32 Å². The second-order valence-corrected chi connectivity index (χ2v) is 5.64. The highest BCUT2D eigenvalue weighted by atomic mass is 79.9. The standard InChI is InChI=1S/C13H18BrNO3/c14-11-3-1-2-10(6-11)12(16)7-15-8-13(17)4-5-18-9-13/h1-3,6,12,15-17H,4-5,7-9H2. The average Bonchev–Trinajstić information content (AvgIpc) is 2.76. The number of benzene rings is 1. The number of aliphatic hydroxyl groups excluding tert-OH is 1. The van der Waals surface area contributed by atoms with Gasteiger partial charge >= 0.3 is 0 Å². The van der Waals surface area contributed by atoms with Gasteiger partial charge < -0.3 is 20.3 Å². The van der Waals surface area contributed by atoms with Crippen LogP contribution in [0.4, 0.5) is 0 Å². The molecule has 1 saturated heterocycles. The summed E-state index contributed by atoms with van der Waals surface area (Å²) in [4.78, 5) is 0. The quantitative estimate of drug-likeness (QED) is 0.764. The van der Waals surface area contributed by atoms with E-state index in [0.717, 1.165) is 10.0 Å². The summed E-state index contributed by atoms with van der Waals surface area (Å²) < 4.78 is 6.11. The summed E-state index contributed by atoms with van der Waals surface area (Å²) in [7, 11) is 0. The van der Waals surface area contributed by atoms with Crippen molar-refractivity contribution in [3.8, 4) is 0 Å². The molecule has 0 bridgehead atoms. The van der Waals surface area contributed by atoms with Crippen LogP contribution in [-0.2, 0) is 4.74 Å². The van der Waals surface area contributed by atoms with E-state index in [-0.39, 0.29) is 0 Å². The fraction of sp³-hybridized carbons (Fsp3) is 0.538. The van der Waals surface area contributed by atoms with Gasteiger partial charge in [-0.3, -0.25) is 0 Å². The first-order valence-electron chi connectivity index (χ1n) is 6.03. The van der Waals surface area contributed by atoms with E-state index in [0.29, 0.717) is 32.7 Å². The van der Waals surface area contributed by atoms with E-state index in [1.165, 1.54) is 0 Å². The molecule has 0 radical (unpaired) electrons. The number of ether oxygens (including phenoxy) is 1. The maximum atomic E-state index is 10.0. The van der Waals surface area contributed by atoms with Crippen molar-refractivity contribution in [2.24, 2.45) is 0 Å². The van der Waals surface area contributed by atoms with Crippen LogP contribution in [0.15, 0.2) is 28.7 Å². The third-order valence-corrected chi connectivity index (χ3v) is 3.60. The lowest BCUT2D eigenvalue weighted by Crippen LogP contribution is -2.42. The molecule has 4 nitrogen and oxygen atoms in total. The summed E-state index contributed by atoms with van der Waals surface area (Å²) in [5.74, 6) is 0. The lowest BCUT2D eigenvalue weighted by Gasteiger charge is -2.22. The predicted molar refractivity (Wildman–Crippen MR) is 72.4 cm³/mol. The fourth-order valence-electron chi connectivity index (χ4n) is 2.01. The van der Waals surface area contributed by atoms with Crippen molar-refractivity contribution in [2.75, 3.05) is 26.3 Å². The van der Waals surface area contributed by atoms with Gasteiger partial charge in [-0.15, -0.1) is 0 Å². The van der Waals surface area contributed by atoms with E-state index in [4.69, 9.17) is 4.74 Å². The van der Waals surface area contributed by atoms with Crippen LogP contribution in [0.2, 0.25) is 0 Å². The van der Waals surface area contributed by atoms with Crippen molar-refractivity contribution in [2.45, 2.75) is 18.1 Å². The van der Waals surface area contributed by atoms with Crippen LogP contribution in [0.3, 0.4) is 0 Å². The minimum absolute atomic E-state index is 0.368. The summed E-state index contributed by atoms with van der Waals surface area (Å²) in [6.45, 7) is 1.83. The normalized spacial score (nSPS) is 25.3. The summed E-state index contributed by atoms with van der Waals surface area (Å²) in [6.07, 6.45) is 0.0703. The molecule has 5 heteroatoms. The Balaban J connectivity index is 1.79. The smallest absolute Gasteiger partial charge is 0.102 e. The molecule has 1 aliphatic heterocycles. The van der Waals surface area contributed by atoms with E-state index in [2.05, 4.69) is 21.2 Å². The first-order chi connectivity index (χ1) is 8.59. The minimum Gasteiger partial charge on any atom is -0.387 e. The summed E-state index contributed by atoms with van der Waals surface area (Å²) in [6, 6.07) is 7.58. The zero-order valence-corrected chi connectivity index (χ0v) is 11.7. The zero-order chi connectivity index (χ0) is 13.0. The number of hydrogen-bond acceptors (Lipinski definition) is 4. The number of rotatable bonds is 5. The Morgan fingerprint density at radius 3 is 3.00 bits per heavy atom. The summed E-state index contributed by atoms with van der Waals surface area (Å²) in [5, 5.41) is 23.1. The highest BCUT2D eigenvalue weighted by Crippen LogP contribution is 2.19. The lowest BCUT2D eigenvalue weighted by molar-refractivity contribution is 0.0244. The molecule has 1 aromatic rings. The van der Waals surface area contributed by atoms with Crippen LogP contribution in [0.5, 0.6) is 0 Å². The van der Waals surface area contributed by atoms with Crippen molar-refractivity contribution in [1.29, 1.82) is 0 Å². The first kappa shape index (κ1) is 14.0. The van der Waals surface area contributed by atoms with Gasteiger partial charge in [-0.2, -0.15) is 0 Å². The second-order valence-electron chi connectivity index (χ2n) is 4.73. The van der Waals surface area contributed by atoms with Gasteiger partial charge in [0, 0.05) is 30.6 Å². The van der Waals surface area contributed by atoms with Gasteiger partial charge in [-0.25, -0.2) is 0 Å². The van der Waals surface area contributed by atoms with Crippen molar-refractivity contribution < 1.29 is 14.9 Å². The number of aliphatic hydroxyl groups is 2. The number of halogens is 1. The Bertz CT molecular complexity index is 394. The van der Waals surface area contributed by atoms with E-state index in [9.17, 15) is 10.2 Å². The van der Waals surface area contributed by atoms with E-state index in [1.807, 2.05) is 24.3 Å². The Kier molecular flexibility index (Phi) is 4.75. The van der Waals surface area contributed by atoms with Crippen LogP contribution >= 0.6 is 15.9 Å². The van der Waals surface area contributed by atoms with E-state index in [1.54, 1.807) is 0 Å². The molecule has 0 amide bonds. The summed E-state index contributed by atoms with van der Waals surface area (Å²) in [5.41, 5.74) is 0.0725. The van der Waals surface area contributed by atoms with Crippen LogP contribution in [0.25, 0.3) is 0 Å². The largest absolute Gasteiger partial charge is 0.387 e. The lowest BCUT2D eigenvalue weighted by atomic mass is 10.0. The predicted octanol–water partition coefficient (Wildman–Crippen LogP) is 1.22. The molecule has 1 heterocycles. The molecule has 18 heavy (non-hydrogen) atoms. The fourth-order valence-corrected chi connectivity index (χ4v) is 2.43. The van der Waals surface area contributed by atoms with Gasteiger partial charge in [0.2, 0.25) is 0 Å². The first-order valence-corrected chi connectivity index (χ1v) is 6.83. The molecule has 0 saturated carbocycles. The van der Waals surface area contributed by atoms with Gasteiger partial charge in [0.1, 0.15) is 5.60 Å². The molecule has 0 spiro atoms. The monoisotopic (exact) mass is 315 g/mol. The Morgan fingerprint density at radius 1 is 1.50 bits per heavy atom. The third kappa shape index (κ3) is 3.76. The molecule has 2 atom stereocenters. The molecular weight excluding hydrogens is 298 g/mol.